The van der Waals surface area contributed by atoms with Gasteiger partial charge in [0.25, 0.3) is 0 Å². The summed E-state index contributed by atoms with van der Waals surface area (Å²) in [7, 11) is 0. The molecule has 0 saturated carbocycles. The van der Waals surface area contributed by atoms with Gasteiger partial charge < -0.3 is 15.1 Å². The summed E-state index contributed by atoms with van der Waals surface area (Å²) in [6.45, 7) is 5.21. The maximum absolute atomic E-state index is 11.4. The molecule has 1 aromatic rings. The van der Waals surface area contributed by atoms with Crippen LogP contribution in [-0.4, -0.2) is 34.9 Å². The normalized spacial score (nSPS) is 18.8. The molecule has 0 spiro atoms. The quantitative estimate of drug-likeness (QED) is 0.868. The van der Waals surface area contributed by atoms with Crippen LogP contribution in [0.5, 0.6) is 0 Å². The zero-order valence-corrected chi connectivity index (χ0v) is 12.2. The monoisotopic (exact) mass is 277 g/mol. The van der Waals surface area contributed by atoms with Crippen LogP contribution in [0.4, 0.5) is 5.69 Å². The van der Waals surface area contributed by atoms with Gasteiger partial charge in [-0.25, -0.2) is 0 Å². The number of hydrogen-bond donors (Lipinski definition) is 2. The van der Waals surface area contributed by atoms with E-state index in [1.807, 2.05) is 38.1 Å². The number of β-amino-alcohol motifs (C(OH)–C–C–N with tert-alkyl or cyclic N) is 1. The van der Waals surface area contributed by atoms with E-state index in [0.717, 1.165) is 11.3 Å². The van der Waals surface area contributed by atoms with Gasteiger partial charge >= 0.3 is 5.97 Å². The predicted octanol–water partition coefficient (Wildman–Crippen LogP) is 2.62. The van der Waals surface area contributed by atoms with Crippen molar-refractivity contribution in [1.82, 2.24) is 0 Å². The average Bonchev–Trinajstić information content (AvgIpc) is 2.47. The van der Waals surface area contributed by atoms with E-state index in [2.05, 4.69) is 4.90 Å². The van der Waals surface area contributed by atoms with Crippen molar-refractivity contribution in [3.05, 3.63) is 29.8 Å². The molecule has 1 unspecified atom stereocenters. The van der Waals surface area contributed by atoms with E-state index in [1.165, 1.54) is 0 Å². The molecule has 0 fully saturated rings. The summed E-state index contributed by atoms with van der Waals surface area (Å²) in [5.74, 6) is -1.20. The van der Waals surface area contributed by atoms with E-state index in [9.17, 15) is 15.0 Å². The zero-order valence-electron chi connectivity index (χ0n) is 12.2. The summed E-state index contributed by atoms with van der Waals surface area (Å²) in [5, 5.41) is 19.9. The number of fused-ring (bicyclic) bond motifs is 1. The Morgan fingerprint density at radius 2 is 2.00 bits per heavy atom. The molecule has 1 aliphatic rings. The van der Waals surface area contributed by atoms with Crippen LogP contribution < -0.4 is 4.90 Å². The molecule has 1 atom stereocenters. The molecule has 110 valence electrons. The molecule has 0 bridgehead atoms. The number of carboxylic acid groups (broad SMARTS) is 1. The van der Waals surface area contributed by atoms with E-state index in [1.54, 1.807) is 0 Å². The molecule has 2 rings (SSSR count). The highest BCUT2D eigenvalue weighted by atomic mass is 16.4. The van der Waals surface area contributed by atoms with E-state index in [0.29, 0.717) is 32.4 Å². The van der Waals surface area contributed by atoms with Crippen molar-refractivity contribution >= 4 is 11.7 Å². The van der Waals surface area contributed by atoms with Crippen LogP contribution in [0.15, 0.2) is 24.3 Å². The fourth-order valence-corrected chi connectivity index (χ4v) is 2.88. The molecule has 4 heteroatoms. The van der Waals surface area contributed by atoms with Gasteiger partial charge in [0.15, 0.2) is 0 Å². The number of aliphatic carboxylic acids is 1. The number of hydrogen-bond acceptors (Lipinski definition) is 3. The number of rotatable bonds is 5. The number of aliphatic hydroxyl groups is 1. The fourth-order valence-electron chi connectivity index (χ4n) is 2.88. The van der Waals surface area contributed by atoms with Gasteiger partial charge in [0.1, 0.15) is 0 Å². The molecule has 1 aliphatic heterocycles. The number of benzene rings is 1. The first-order valence-corrected chi connectivity index (χ1v) is 7.30. The second kappa shape index (κ2) is 5.83. The van der Waals surface area contributed by atoms with Crippen molar-refractivity contribution in [2.24, 2.45) is 0 Å². The molecule has 0 aliphatic carbocycles. The van der Waals surface area contributed by atoms with Crippen molar-refractivity contribution in [3.63, 3.8) is 0 Å². The lowest BCUT2D eigenvalue weighted by Crippen LogP contribution is -2.45. The topological polar surface area (TPSA) is 60.8 Å². The molecule has 1 aromatic carbocycles. The molecule has 0 radical (unpaired) electrons. The van der Waals surface area contributed by atoms with Crippen molar-refractivity contribution in [2.45, 2.75) is 44.6 Å². The minimum atomic E-state index is -0.765. The Labute approximate surface area is 120 Å². The number of para-hydroxylation sites is 1. The molecular formula is C16H23NO3. The molecule has 0 amide bonds. The smallest absolute Gasteiger partial charge is 0.311 e. The first kappa shape index (κ1) is 14.9. The first-order valence-electron chi connectivity index (χ1n) is 7.30. The highest BCUT2D eigenvalue weighted by Gasteiger charge is 2.33. The van der Waals surface area contributed by atoms with E-state index < -0.39 is 17.5 Å². The van der Waals surface area contributed by atoms with Crippen LogP contribution >= 0.6 is 0 Å². The largest absolute Gasteiger partial charge is 0.481 e. The number of nitrogens with zero attached hydrogens (tertiary/aromatic N) is 1. The average molecular weight is 277 g/mol. The Kier molecular flexibility index (Phi) is 4.33. The van der Waals surface area contributed by atoms with E-state index >= 15 is 0 Å². The highest BCUT2D eigenvalue weighted by molar-refractivity contribution is 5.80. The standard InChI is InChI=1S/C16H23NO3/c1-3-16(20,4-2)11-17-10-9-13(15(18)19)12-7-5-6-8-14(12)17/h5-8,13,20H,3-4,9-11H2,1-2H3,(H,18,19). The van der Waals surface area contributed by atoms with Gasteiger partial charge in [-0.1, -0.05) is 32.0 Å². The summed E-state index contributed by atoms with van der Waals surface area (Å²) in [4.78, 5) is 13.5. The first-order chi connectivity index (χ1) is 9.50. The minimum Gasteiger partial charge on any atom is -0.481 e. The van der Waals surface area contributed by atoms with Gasteiger partial charge in [-0.3, -0.25) is 4.79 Å². The Morgan fingerprint density at radius 1 is 1.35 bits per heavy atom. The van der Waals surface area contributed by atoms with Crippen molar-refractivity contribution in [3.8, 4) is 0 Å². The summed E-state index contributed by atoms with van der Waals surface area (Å²) in [6, 6.07) is 7.64. The van der Waals surface area contributed by atoms with Crippen LogP contribution in [0, 0.1) is 0 Å². The van der Waals surface area contributed by atoms with Crippen LogP contribution in [0.25, 0.3) is 0 Å². The lowest BCUT2D eigenvalue weighted by Gasteiger charge is -2.39. The molecule has 0 aromatic heterocycles. The maximum atomic E-state index is 11.4. The fraction of sp³-hybridized carbons (Fsp3) is 0.562. The molecule has 0 saturated heterocycles. The van der Waals surface area contributed by atoms with Crippen molar-refractivity contribution < 1.29 is 15.0 Å². The summed E-state index contributed by atoms with van der Waals surface area (Å²) >= 11 is 0. The Bertz CT molecular complexity index is 482. The molecule has 2 N–H and O–H groups in total. The van der Waals surface area contributed by atoms with Crippen LogP contribution in [-0.2, 0) is 4.79 Å². The third-order valence-corrected chi connectivity index (χ3v) is 4.44. The number of carboxylic acids is 1. The third kappa shape index (κ3) is 2.80. The molecule has 1 heterocycles. The minimum absolute atomic E-state index is 0.432. The SMILES string of the molecule is CCC(O)(CC)CN1CCC(C(=O)O)c2ccccc21. The van der Waals surface area contributed by atoms with Crippen molar-refractivity contribution in [1.29, 1.82) is 0 Å². The van der Waals surface area contributed by atoms with Gasteiger partial charge in [-0.05, 0) is 30.9 Å². The third-order valence-electron chi connectivity index (χ3n) is 4.44. The Hall–Kier alpha value is -1.55. The van der Waals surface area contributed by atoms with E-state index in [4.69, 9.17) is 0 Å². The lowest BCUT2D eigenvalue weighted by atomic mass is 9.88. The summed E-state index contributed by atoms with van der Waals surface area (Å²) < 4.78 is 0. The summed E-state index contributed by atoms with van der Waals surface area (Å²) in [5.41, 5.74) is 1.11. The molecule has 4 nitrogen and oxygen atoms in total. The highest BCUT2D eigenvalue weighted by Crippen LogP contribution is 2.36. The van der Waals surface area contributed by atoms with Gasteiger partial charge in [0.2, 0.25) is 0 Å². The van der Waals surface area contributed by atoms with Crippen LogP contribution in [0.3, 0.4) is 0 Å². The Morgan fingerprint density at radius 3 is 2.60 bits per heavy atom. The maximum Gasteiger partial charge on any atom is 0.311 e. The number of carbonyl (C=O) groups is 1. The van der Waals surface area contributed by atoms with Crippen LogP contribution in [0.2, 0.25) is 0 Å². The second-order valence-corrected chi connectivity index (χ2v) is 5.59. The lowest BCUT2D eigenvalue weighted by molar-refractivity contribution is -0.139. The Balaban J connectivity index is 2.30. The predicted molar refractivity (Wildman–Crippen MR) is 79.2 cm³/mol. The molecule has 20 heavy (non-hydrogen) atoms. The zero-order chi connectivity index (χ0) is 14.8. The summed E-state index contributed by atoms with van der Waals surface area (Å²) in [6.07, 6.45) is 1.99. The van der Waals surface area contributed by atoms with E-state index in [-0.39, 0.29) is 0 Å². The van der Waals surface area contributed by atoms with Crippen LogP contribution in [0.1, 0.15) is 44.6 Å². The van der Waals surface area contributed by atoms with Gasteiger partial charge in [0, 0.05) is 18.8 Å². The van der Waals surface area contributed by atoms with Gasteiger partial charge in [-0.2, -0.15) is 0 Å². The van der Waals surface area contributed by atoms with Crippen molar-refractivity contribution in [2.75, 3.05) is 18.0 Å². The second-order valence-electron chi connectivity index (χ2n) is 5.59. The van der Waals surface area contributed by atoms with Gasteiger partial charge in [0.05, 0.1) is 11.5 Å². The molecular weight excluding hydrogens is 254 g/mol. The van der Waals surface area contributed by atoms with Gasteiger partial charge in [-0.15, -0.1) is 0 Å². The number of anilines is 1.